The minimum atomic E-state index is -0.794. The molecule has 0 heterocycles. The van der Waals surface area contributed by atoms with Crippen molar-refractivity contribution in [3.8, 4) is 0 Å². The second kappa shape index (κ2) is 7.00. The van der Waals surface area contributed by atoms with Crippen LogP contribution >= 0.6 is 0 Å². The molecule has 0 aromatic rings. The summed E-state index contributed by atoms with van der Waals surface area (Å²) in [5.41, 5.74) is -0.356. The summed E-state index contributed by atoms with van der Waals surface area (Å²) < 4.78 is 0. The standard InChI is InChI=1S/C20H34O2.Na/c1-13(2)14-6-8-16-15(12-14)7-9-17-19(16,3)10-5-11-20(17,4)18(21)22;/h13-17H,5-12H2,1-4H3,(H,21,22);/q;+1/p-1. The largest absolute Gasteiger partial charge is 1.00 e. The first-order chi connectivity index (χ1) is 10.3. The fourth-order valence-corrected chi connectivity index (χ4v) is 6.72. The van der Waals surface area contributed by atoms with Gasteiger partial charge in [-0.3, -0.25) is 0 Å². The molecule has 0 aromatic heterocycles. The van der Waals surface area contributed by atoms with Gasteiger partial charge in [0.1, 0.15) is 0 Å². The molecule has 0 aliphatic heterocycles. The molecule has 6 atom stereocenters. The van der Waals surface area contributed by atoms with Gasteiger partial charge in [0.2, 0.25) is 0 Å². The average molecular weight is 328 g/mol. The Hall–Kier alpha value is 0.470. The fourth-order valence-electron chi connectivity index (χ4n) is 6.72. The van der Waals surface area contributed by atoms with Gasteiger partial charge in [-0.2, -0.15) is 0 Å². The number of hydrogen-bond acceptors (Lipinski definition) is 2. The molecule has 0 saturated heterocycles. The monoisotopic (exact) mass is 328 g/mol. The number of fused-ring (bicyclic) bond motifs is 3. The number of carbonyl (C=O) groups excluding carboxylic acids is 1. The van der Waals surface area contributed by atoms with Gasteiger partial charge in [0.25, 0.3) is 0 Å². The third-order valence-corrected chi connectivity index (χ3v) is 8.08. The second-order valence-corrected chi connectivity index (χ2v) is 9.38. The van der Waals surface area contributed by atoms with Crippen LogP contribution in [0, 0.1) is 40.4 Å². The third kappa shape index (κ3) is 3.17. The van der Waals surface area contributed by atoms with Gasteiger partial charge >= 0.3 is 29.6 Å². The molecule has 0 N–H and O–H groups in total. The zero-order valence-corrected chi connectivity index (χ0v) is 17.9. The number of hydrogen-bond donors (Lipinski definition) is 0. The molecule has 0 spiro atoms. The van der Waals surface area contributed by atoms with Crippen molar-refractivity contribution >= 4 is 5.97 Å². The molecule has 23 heavy (non-hydrogen) atoms. The minimum Gasteiger partial charge on any atom is -0.550 e. The Morgan fingerprint density at radius 3 is 2.39 bits per heavy atom. The van der Waals surface area contributed by atoms with E-state index in [1.165, 1.54) is 32.1 Å². The first-order valence-corrected chi connectivity index (χ1v) is 9.50. The molecule has 3 aliphatic rings. The van der Waals surface area contributed by atoms with Crippen LogP contribution in [0.5, 0.6) is 0 Å². The van der Waals surface area contributed by atoms with Gasteiger partial charge in [-0.15, -0.1) is 0 Å². The van der Waals surface area contributed by atoms with Crippen LogP contribution in [0.2, 0.25) is 0 Å². The Bertz CT molecular complexity index is 449. The van der Waals surface area contributed by atoms with Crippen LogP contribution in [0.25, 0.3) is 0 Å². The van der Waals surface area contributed by atoms with E-state index in [0.717, 1.165) is 42.9 Å². The van der Waals surface area contributed by atoms with Crippen molar-refractivity contribution in [3.63, 3.8) is 0 Å². The smallest absolute Gasteiger partial charge is 0.550 e. The number of carboxylic acid groups (broad SMARTS) is 1. The Balaban J connectivity index is 0.00000192. The van der Waals surface area contributed by atoms with Gasteiger partial charge in [0, 0.05) is 11.4 Å². The molecular weight excluding hydrogens is 295 g/mol. The molecule has 3 heteroatoms. The summed E-state index contributed by atoms with van der Waals surface area (Å²) in [7, 11) is 0. The van der Waals surface area contributed by atoms with Crippen molar-refractivity contribution in [1.82, 2.24) is 0 Å². The average Bonchev–Trinajstić information content (AvgIpc) is 2.46. The molecule has 0 aromatic carbocycles. The van der Waals surface area contributed by atoms with E-state index in [1.807, 2.05) is 6.92 Å². The number of carbonyl (C=O) groups is 1. The maximum atomic E-state index is 11.9. The molecule has 0 amide bonds. The number of carboxylic acids is 1. The number of rotatable bonds is 2. The van der Waals surface area contributed by atoms with Gasteiger partial charge in [-0.25, -0.2) is 0 Å². The number of aliphatic carboxylic acids is 1. The van der Waals surface area contributed by atoms with Gasteiger partial charge in [-0.05, 0) is 80.0 Å². The van der Waals surface area contributed by atoms with Crippen LogP contribution in [0.4, 0.5) is 0 Å². The normalized spacial score (nSPS) is 46.5. The van der Waals surface area contributed by atoms with Crippen LogP contribution < -0.4 is 34.7 Å². The van der Waals surface area contributed by atoms with Gasteiger partial charge in [0.05, 0.1) is 0 Å². The Morgan fingerprint density at radius 2 is 1.78 bits per heavy atom. The molecule has 126 valence electrons. The summed E-state index contributed by atoms with van der Waals surface area (Å²) in [6, 6.07) is 0. The summed E-state index contributed by atoms with van der Waals surface area (Å²) in [4.78, 5) is 11.9. The van der Waals surface area contributed by atoms with Crippen LogP contribution in [0.15, 0.2) is 0 Å². The van der Waals surface area contributed by atoms with E-state index < -0.39 is 11.4 Å². The third-order valence-electron chi connectivity index (χ3n) is 8.08. The zero-order valence-electron chi connectivity index (χ0n) is 15.9. The fraction of sp³-hybridized carbons (Fsp3) is 0.950. The molecule has 3 aliphatic carbocycles. The molecule has 0 bridgehead atoms. The van der Waals surface area contributed by atoms with E-state index in [4.69, 9.17) is 0 Å². The first kappa shape index (κ1) is 19.8. The Morgan fingerprint density at radius 1 is 1.09 bits per heavy atom. The van der Waals surface area contributed by atoms with E-state index in [1.54, 1.807) is 0 Å². The van der Waals surface area contributed by atoms with E-state index >= 15 is 0 Å². The SMILES string of the molecule is CC(C)C1CCC2C(CCC3C(C)(C(=O)[O-])CCCC23C)C1.[Na+]. The molecule has 3 saturated carbocycles. The zero-order chi connectivity index (χ0) is 16.1. The van der Waals surface area contributed by atoms with E-state index in [-0.39, 0.29) is 35.0 Å². The van der Waals surface area contributed by atoms with Crippen LogP contribution in [0.1, 0.15) is 79.1 Å². The Labute approximate surface area is 164 Å². The van der Waals surface area contributed by atoms with Gasteiger partial charge in [-0.1, -0.05) is 34.1 Å². The predicted octanol–water partition coefficient (Wildman–Crippen LogP) is 1.04. The van der Waals surface area contributed by atoms with E-state index in [2.05, 4.69) is 20.8 Å². The van der Waals surface area contributed by atoms with Crippen molar-refractivity contribution in [2.75, 3.05) is 0 Å². The summed E-state index contributed by atoms with van der Waals surface area (Å²) in [6.45, 7) is 9.13. The molecule has 2 nitrogen and oxygen atoms in total. The first-order valence-electron chi connectivity index (χ1n) is 9.50. The van der Waals surface area contributed by atoms with Gasteiger partial charge < -0.3 is 9.90 Å². The minimum absolute atomic E-state index is 0. The molecular formula is C20H33NaO2. The van der Waals surface area contributed by atoms with Crippen molar-refractivity contribution in [1.29, 1.82) is 0 Å². The van der Waals surface area contributed by atoms with Crippen LogP contribution in [0.3, 0.4) is 0 Å². The van der Waals surface area contributed by atoms with Crippen molar-refractivity contribution < 1.29 is 39.5 Å². The van der Waals surface area contributed by atoms with E-state index in [0.29, 0.717) is 5.92 Å². The summed E-state index contributed by atoms with van der Waals surface area (Å²) in [6.07, 6.45) is 9.52. The Kier molecular flexibility index (Phi) is 6.02. The quantitative estimate of drug-likeness (QED) is 0.711. The van der Waals surface area contributed by atoms with Crippen molar-refractivity contribution in [3.05, 3.63) is 0 Å². The van der Waals surface area contributed by atoms with E-state index in [9.17, 15) is 9.90 Å². The van der Waals surface area contributed by atoms with Crippen molar-refractivity contribution in [2.24, 2.45) is 40.4 Å². The van der Waals surface area contributed by atoms with Gasteiger partial charge in [0.15, 0.2) is 0 Å². The summed E-state index contributed by atoms with van der Waals surface area (Å²) >= 11 is 0. The second-order valence-electron chi connectivity index (χ2n) is 9.38. The molecule has 3 fully saturated rings. The maximum Gasteiger partial charge on any atom is 1.00 e. The summed E-state index contributed by atoms with van der Waals surface area (Å²) in [5.74, 6) is 2.81. The predicted molar refractivity (Wildman–Crippen MR) is 87.0 cm³/mol. The molecule has 3 rings (SSSR count). The topological polar surface area (TPSA) is 40.1 Å². The van der Waals surface area contributed by atoms with Crippen LogP contribution in [-0.4, -0.2) is 5.97 Å². The summed E-state index contributed by atoms with van der Waals surface area (Å²) in [5, 5.41) is 11.9. The molecule has 6 unspecified atom stereocenters. The van der Waals surface area contributed by atoms with Crippen LogP contribution in [-0.2, 0) is 4.79 Å². The van der Waals surface area contributed by atoms with Crippen molar-refractivity contribution in [2.45, 2.75) is 79.1 Å². The molecule has 0 radical (unpaired) electrons. The maximum absolute atomic E-state index is 11.9.